The van der Waals surface area contributed by atoms with Crippen LogP contribution in [-0.2, 0) is 14.3 Å². The Morgan fingerprint density at radius 1 is 1.21 bits per heavy atom. The van der Waals surface area contributed by atoms with Crippen LogP contribution in [0, 0.1) is 11.6 Å². The Hall–Kier alpha value is -3.29. The van der Waals surface area contributed by atoms with Gasteiger partial charge in [0.2, 0.25) is 5.91 Å². The number of anilines is 1. The van der Waals surface area contributed by atoms with Crippen molar-refractivity contribution < 1.29 is 27.9 Å². The van der Waals surface area contributed by atoms with Crippen LogP contribution in [0.4, 0.5) is 14.5 Å². The van der Waals surface area contributed by atoms with Gasteiger partial charge in [-0.25, -0.2) is 13.6 Å². The average Bonchev–Trinajstić information content (AvgIpc) is 3.11. The minimum Gasteiger partial charge on any atom is -0.452 e. The number of esters is 1. The number of para-hydroxylation sites is 1. The highest BCUT2D eigenvalue weighted by Gasteiger charge is 2.26. The third kappa shape index (κ3) is 4.77. The van der Waals surface area contributed by atoms with E-state index in [0.29, 0.717) is 25.1 Å². The molecule has 152 valence electrons. The van der Waals surface area contributed by atoms with Crippen LogP contribution in [0.2, 0.25) is 0 Å². The van der Waals surface area contributed by atoms with Crippen LogP contribution < -0.4 is 10.2 Å². The summed E-state index contributed by atoms with van der Waals surface area (Å²) in [4.78, 5) is 38.0. The molecule has 1 heterocycles. The van der Waals surface area contributed by atoms with Crippen molar-refractivity contribution in [2.75, 3.05) is 18.1 Å². The molecule has 0 aliphatic carbocycles. The fraction of sp³-hybridized carbons (Fsp3) is 0.286. The predicted molar refractivity (Wildman–Crippen MR) is 101 cm³/mol. The van der Waals surface area contributed by atoms with Crippen molar-refractivity contribution in [2.24, 2.45) is 0 Å². The zero-order chi connectivity index (χ0) is 21.0. The molecular weight excluding hydrogens is 382 g/mol. The van der Waals surface area contributed by atoms with Gasteiger partial charge in [-0.05, 0) is 31.5 Å². The van der Waals surface area contributed by atoms with Crippen molar-refractivity contribution in [3.63, 3.8) is 0 Å². The van der Waals surface area contributed by atoms with E-state index in [1.807, 2.05) is 0 Å². The van der Waals surface area contributed by atoms with Crippen molar-refractivity contribution in [1.82, 2.24) is 5.32 Å². The van der Waals surface area contributed by atoms with Gasteiger partial charge in [-0.15, -0.1) is 0 Å². The summed E-state index contributed by atoms with van der Waals surface area (Å²) < 4.78 is 31.9. The van der Waals surface area contributed by atoms with E-state index in [2.05, 4.69) is 5.32 Å². The summed E-state index contributed by atoms with van der Waals surface area (Å²) in [7, 11) is 0. The van der Waals surface area contributed by atoms with E-state index >= 15 is 0 Å². The van der Waals surface area contributed by atoms with Crippen molar-refractivity contribution in [3.8, 4) is 0 Å². The Kier molecular flexibility index (Phi) is 6.21. The number of hydrogen-bond donors (Lipinski definition) is 1. The standard InChI is InChI=1S/C21H20F2N2O4/c1-13(15-9-8-14(22)11-17(15)23)24-19(26)12-29-21(28)16-5-2-3-6-18(16)25-10-4-7-20(25)27/h2-3,5-6,8-9,11,13H,4,7,10,12H2,1H3,(H,24,26)/t13-/m0/s1. The Balaban J connectivity index is 1.61. The molecule has 29 heavy (non-hydrogen) atoms. The van der Waals surface area contributed by atoms with E-state index in [0.717, 1.165) is 12.1 Å². The highest BCUT2D eigenvalue weighted by Crippen LogP contribution is 2.26. The van der Waals surface area contributed by atoms with Gasteiger partial charge < -0.3 is 15.0 Å². The lowest BCUT2D eigenvalue weighted by Gasteiger charge is -2.19. The smallest absolute Gasteiger partial charge is 0.340 e. The molecule has 2 aromatic rings. The number of hydrogen-bond acceptors (Lipinski definition) is 4. The van der Waals surface area contributed by atoms with Gasteiger partial charge in [-0.2, -0.15) is 0 Å². The highest BCUT2D eigenvalue weighted by molar-refractivity contribution is 6.03. The van der Waals surface area contributed by atoms with Gasteiger partial charge in [0.25, 0.3) is 5.91 Å². The number of ether oxygens (including phenoxy) is 1. The molecule has 0 spiro atoms. The molecule has 0 bridgehead atoms. The molecule has 0 saturated carbocycles. The highest BCUT2D eigenvalue weighted by atomic mass is 19.1. The van der Waals surface area contributed by atoms with Gasteiger partial charge in [0.05, 0.1) is 17.3 Å². The van der Waals surface area contributed by atoms with Gasteiger partial charge >= 0.3 is 5.97 Å². The van der Waals surface area contributed by atoms with Crippen molar-refractivity contribution in [2.45, 2.75) is 25.8 Å². The molecule has 2 amide bonds. The molecule has 0 unspecified atom stereocenters. The average molecular weight is 402 g/mol. The Bertz CT molecular complexity index is 948. The summed E-state index contributed by atoms with van der Waals surface area (Å²) in [5, 5.41) is 2.50. The van der Waals surface area contributed by atoms with Gasteiger partial charge in [-0.1, -0.05) is 18.2 Å². The quantitative estimate of drug-likeness (QED) is 0.754. The molecular formula is C21H20F2N2O4. The summed E-state index contributed by atoms with van der Waals surface area (Å²) >= 11 is 0. The molecule has 1 aliphatic heterocycles. The minimum atomic E-state index is -0.779. The SMILES string of the molecule is C[C@H](NC(=O)COC(=O)c1ccccc1N1CCCC1=O)c1ccc(F)cc1F. The molecule has 1 aliphatic rings. The summed E-state index contributed by atoms with van der Waals surface area (Å²) in [5.41, 5.74) is 0.749. The first kappa shape index (κ1) is 20.4. The molecule has 0 aromatic heterocycles. The molecule has 2 aromatic carbocycles. The number of nitrogens with zero attached hydrogens (tertiary/aromatic N) is 1. The lowest BCUT2D eigenvalue weighted by atomic mass is 10.1. The lowest BCUT2D eigenvalue weighted by Crippen LogP contribution is -2.32. The number of amides is 2. The first-order chi connectivity index (χ1) is 13.9. The van der Waals surface area contributed by atoms with E-state index in [4.69, 9.17) is 4.74 Å². The number of rotatable bonds is 6. The maximum absolute atomic E-state index is 13.8. The Labute approximate surface area is 166 Å². The van der Waals surface area contributed by atoms with Crippen molar-refractivity contribution in [3.05, 3.63) is 65.2 Å². The molecule has 1 saturated heterocycles. The van der Waals surface area contributed by atoms with Crippen LogP contribution in [0.15, 0.2) is 42.5 Å². The molecule has 1 fully saturated rings. The molecule has 1 atom stereocenters. The minimum absolute atomic E-state index is 0.0712. The third-order valence-corrected chi connectivity index (χ3v) is 4.63. The van der Waals surface area contributed by atoms with Gasteiger partial charge in [0.1, 0.15) is 11.6 Å². The Morgan fingerprint density at radius 3 is 2.66 bits per heavy atom. The van der Waals surface area contributed by atoms with Crippen molar-refractivity contribution in [1.29, 1.82) is 0 Å². The number of halogens is 2. The zero-order valence-corrected chi connectivity index (χ0v) is 15.8. The molecule has 3 rings (SSSR count). The summed E-state index contributed by atoms with van der Waals surface area (Å²) in [6.07, 6.45) is 1.13. The first-order valence-electron chi connectivity index (χ1n) is 9.17. The van der Waals surface area contributed by atoms with E-state index < -0.39 is 36.2 Å². The second kappa shape index (κ2) is 8.81. The lowest BCUT2D eigenvalue weighted by molar-refractivity contribution is -0.125. The number of carbonyl (C=O) groups is 3. The first-order valence-corrected chi connectivity index (χ1v) is 9.17. The number of benzene rings is 2. The summed E-state index contributed by atoms with van der Waals surface area (Å²) in [6.45, 7) is 1.48. The fourth-order valence-electron chi connectivity index (χ4n) is 3.21. The predicted octanol–water partition coefficient (Wildman–Crippen LogP) is 3.13. The topological polar surface area (TPSA) is 75.7 Å². The van der Waals surface area contributed by atoms with Crippen LogP contribution in [0.25, 0.3) is 0 Å². The van der Waals surface area contributed by atoms with Crippen molar-refractivity contribution >= 4 is 23.5 Å². The fourth-order valence-corrected chi connectivity index (χ4v) is 3.21. The van der Waals surface area contributed by atoms with Gasteiger partial charge in [0, 0.05) is 24.6 Å². The molecule has 0 radical (unpaired) electrons. The molecule has 8 heteroatoms. The van der Waals surface area contributed by atoms with Crippen LogP contribution in [0.3, 0.4) is 0 Å². The zero-order valence-electron chi connectivity index (χ0n) is 15.8. The second-order valence-corrected chi connectivity index (χ2v) is 6.70. The van der Waals surface area contributed by atoms with Gasteiger partial charge in [0.15, 0.2) is 6.61 Å². The van der Waals surface area contributed by atoms with Crippen LogP contribution in [0.1, 0.15) is 41.7 Å². The van der Waals surface area contributed by atoms with E-state index in [-0.39, 0.29) is 17.0 Å². The van der Waals surface area contributed by atoms with Gasteiger partial charge in [-0.3, -0.25) is 9.59 Å². The second-order valence-electron chi connectivity index (χ2n) is 6.70. The van der Waals surface area contributed by atoms with Crippen LogP contribution >= 0.6 is 0 Å². The summed E-state index contributed by atoms with van der Waals surface area (Å²) in [5.74, 6) is -2.94. The van der Waals surface area contributed by atoms with E-state index in [9.17, 15) is 23.2 Å². The maximum atomic E-state index is 13.8. The summed E-state index contributed by atoms with van der Waals surface area (Å²) in [6, 6.07) is 8.86. The van der Waals surface area contributed by atoms with E-state index in [1.165, 1.54) is 24.0 Å². The third-order valence-electron chi connectivity index (χ3n) is 4.63. The largest absolute Gasteiger partial charge is 0.452 e. The number of carbonyl (C=O) groups excluding carboxylic acids is 3. The monoisotopic (exact) mass is 402 g/mol. The molecule has 1 N–H and O–H groups in total. The van der Waals surface area contributed by atoms with Crippen LogP contribution in [-0.4, -0.2) is 30.9 Å². The maximum Gasteiger partial charge on any atom is 0.340 e. The molecule has 6 nitrogen and oxygen atoms in total. The normalized spacial score (nSPS) is 14.6. The van der Waals surface area contributed by atoms with Crippen LogP contribution in [0.5, 0.6) is 0 Å². The Morgan fingerprint density at radius 2 is 1.97 bits per heavy atom. The number of nitrogens with one attached hydrogen (secondary N) is 1. The van der Waals surface area contributed by atoms with E-state index in [1.54, 1.807) is 18.2 Å².